The van der Waals surface area contributed by atoms with E-state index in [0.29, 0.717) is 16.4 Å². The molecule has 2 aromatic rings. The molecule has 1 unspecified atom stereocenters. The van der Waals surface area contributed by atoms with Gasteiger partial charge in [-0.3, -0.25) is 14.5 Å². The van der Waals surface area contributed by atoms with Crippen LogP contribution in [0.1, 0.15) is 38.3 Å². The molecular weight excluding hydrogens is 418 g/mol. The molecule has 1 atom stereocenters. The lowest BCUT2D eigenvalue weighted by Crippen LogP contribution is -2.41. The van der Waals surface area contributed by atoms with Gasteiger partial charge in [0.2, 0.25) is 11.8 Å². The summed E-state index contributed by atoms with van der Waals surface area (Å²) in [6.07, 6.45) is 1.84. The summed E-state index contributed by atoms with van der Waals surface area (Å²) in [7, 11) is 0. The molecule has 1 aliphatic carbocycles. The Morgan fingerprint density at radius 2 is 1.61 bits per heavy atom. The van der Waals surface area contributed by atoms with E-state index in [1.165, 1.54) is 6.92 Å². The Morgan fingerprint density at radius 3 is 2.13 bits per heavy atom. The molecule has 2 amide bonds. The van der Waals surface area contributed by atoms with Crippen LogP contribution in [0.15, 0.2) is 48.5 Å². The Bertz CT molecular complexity index is 927. The average molecular weight is 444 g/mol. The minimum absolute atomic E-state index is 0.0459. The summed E-state index contributed by atoms with van der Waals surface area (Å²) < 4.78 is 5.31. The highest BCUT2D eigenvalue weighted by molar-refractivity contribution is 6.30. The van der Waals surface area contributed by atoms with E-state index >= 15 is 0 Å². The first-order valence-corrected chi connectivity index (χ1v) is 10.6. The van der Waals surface area contributed by atoms with Crippen molar-refractivity contribution in [1.82, 2.24) is 4.90 Å². The minimum Gasteiger partial charge on any atom is -0.465 e. The van der Waals surface area contributed by atoms with Gasteiger partial charge in [-0.1, -0.05) is 23.7 Å². The van der Waals surface area contributed by atoms with E-state index in [0.717, 1.165) is 18.4 Å². The third-order valence-corrected chi connectivity index (χ3v) is 5.11. The van der Waals surface area contributed by atoms with E-state index in [1.807, 2.05) is 4.90 Å². The second-order valence-electron chi connectivity index (χ2n) is 7.42. The molecule has 0 aromatic heterocycles. The van der Waals surface area contributed by atoms with E-state index < -0.39 is 6.04 Å². The van der Waals surface area contributed by atoms with Crippen molar-refractivity contribution in [3.63, 3.8) is 0 Å². The summed E-state index contributed by atoms with van der Waals surface area (Å²) in [4.78, 5) is 38.6. The van der Waals surface area contributed by atoms with Crippen LogP contribution >= 0.6 is 11.6 Å². The number of hydrogen-bond donors (Lipinski definition) is 2. The summed E-state index contributed by atoms with van der Waals surface area (Å²) in [5.41, 5.74) is 1.99. The fourth-order valence-electron chi connectivity index (χ4n) is 3.37. The number of amides is 2. The van der Waals surface area contributed by atoms with Crippen LogP contribution in [0.4, 0.5) is 11.4 Å². The zero-order valence-corrected chi connectivity index (χ0v) is 18.3. The molecule has 0 aliphatic heterocycles. The third kappa shape index (κ3) is 6.54. The first kappa shape index (κ1) is 22.8. The van der Waals surface area contributed by atoms with Crippen molar-refractivity contribution in [1.29, 1.82) is 0 Å². The lowest BCUT2D eigenvalue weighted by atomic mass is 10.0. The second-order valence-corrected chi connectivity index (χ2v) is 7.85. The van der Waals surface area contributed by atoms with Crippen LogP contribution in [-0.2, 0) is 19.1 Å². The fraction of sp³-hybridized carbons (Fsp3) is 0.348. The number of carbonyl (C=O) groups is 3. The number of anilines is 2. The SMILES string of the molecule is CCOC(=O)C(c1ccc(Cl)cc1)N(CC(=O)Nc1ccc(NC(C)=O)cc1)C1CC1. The lowest BCUT2D eigenvalue weighted by Gasteiger charge is -2.30. The highest BCUT2D eigenvalue weighted by atomic mass is 35.5. The monoisotopic (exact) mass is 443 g/mol. The summed E-state index contributed by atoms with van der Waals surface area (Å²) in [5, 5.41) is 6.11. The van der Waals surface area contributed by atoms with Crippen molar-refractivity contribution in [3.8, 4) is 0 Å². The molecular formula is C23H26ClN3O4. The van der Waals surface area contributed by atoms with Crippen molar-refractivity contribution in [3.05, 3.63) is 59.1 Å². The van der Waals surface area contributed by atoms with Gasteiger partial charge in [0.25, 0.3) is 0 Å². The first-order valence-electron chi connectivity index (χ1n) is 10.2. The first-order chi connectivity index (χ1) is 14.9. The van der Waals surface area contributed by atoms with Gasteiger partial charge in [-0.05, 0) is 61.7 Å². The number of benzene rings is 2. The molecule has 0 saturated heterocycles. The van der Waals surface area contributed by atoms with E-state index in [-0.39, 0.29) is 37.0 Å². The van der Waals surface area contributed by atoms with Gasteiger partial charge >= 0.3 is 5.97 Å². The van der Waals surface area contributed by atoms with Crippen LogP contribution in [0.3, 0.4) is 0 Å². The highest BCUT2D eigenvalue weighted by Crippen LogP contribution is 2.35. The quantitative estimate of drug-likeness (QED) is 0.572. The van der Waals surface area contributed by atoms with Gasteiger partial charge in [0.05, 0.1) is 13.2 Å². The maximum atomic E-state index is 12.8. The van der Waals surface area contributed by atoms with Gasteiger partial charge in [0.1, 0.15) is 6.04 Å². The second kappa shape index (κ2) is 10.4. The Labute approximate surface area is 186 Å². The minimum atomic E-state index is -0.683. The predicted molar refractivity (Wildman–Crippen MR) is 120 cm³/mol. The molecule has 0 spiro atoms. The van der Waals surface area contributed by atoms with Crippen molar-refractivity contribution in [2.75, 3.05) is 23.8 Å². The maximum Gasteiger partial charge on any atom is 0.328 e. The van der Waals surface area contributed by atoms with Gasteiger partial charge in [-0.25, -0.2) is 4.79 Å². The normalized spacial score (nSPS) is 14.1. The van der Waals surface area contributed by atoms with E-state index in [2.05, 4.69) is 10.6 Å². The molecule has 1 fully saturated rings. The Hall–Kier alpha value is -2.90. The van der Waals surface area contributed by atoms with Crippen molar-refractivity contribution in [2.45, 2.75) is 38.8 Å². The van der Waals surface area contributed by atoms with Gasteiger partial charge in [0, 0.05) is 29.4 Å². The van der Waals surface area contributed by atoms with Gasteiger partial charge in [0.15, 0.2) is 0 Å². The molecule has 2 aromatic carbocycles. The highest BCUT2D eigenvalue weighted by Gasteiger charge is 2.40. The summed E-state index contributed by atoms with van der Waals surface area (Å²) in [5.74, 6) is -0.782. The molecule has 3 rings (SSSR count). The molecule has 31 heavy (non-hydrogen) atoms. The largest absolute Gasteiger partial charge is 0.465 e. The van der Waals surface area contributed by atoms with Crippen LogP contribution in [0.2, 0.25) is 5.02 Å². The summed E-state index contributed by atoms with van der Waals surface area (Å²) >= 11 is 6.01. The molecule has 2 N–H and O–H groups in total. The van der Waals surface area contributed by atoms with Gasteiger partial charge in [-0.15, -0.1) is 0 Å². The number of esters is 1. The zero-order valence-electron chi connectivity index (χ0n) is 17.6. The average Bonchev–Trinajstić information content (AvgIpc) is 3.55. The number of ether oxygens (including phenoxy) is 1. The molecule has 1 saturated carbocycles. The van der Waals surface area contributed by atoms with Crippen LogP contribution in [0.5, 0.6) is 0 Å². The standard InChI is InChI=1S/C23H26ClN3O4/c1-3-31-23(30)22(16-4-6-17(24)7-5-16)27(20-12-13-20)14-21(29)26-19-10-8-18(9-11-19)25-15(2)28/h4-11,20,22H,3,12-14H2,1-2H3,(H,25,28)(H,26,29). The Kier molecular flexibility index (Phi) is 7.65. The molecule has 0 radical (unpaired) electrons. The van der Waals surface area contributed by atoms with Crippen molar-refractivity contribution < 1.29 is 19.1 Å². The lowest BCUT2D eigenvalue weighted by molar-refractivity contribution is -0.150. The number of carbonyl (C=O) groups excluding carboxylic acids is 3. The topological polar surface area (TPSA) is 87.7 Å². The van der Waals surface area contributed by atoms with Gasteiger partial charge < -0.3 is 15.4 Å². The van der Waals surface area contributed by atoms with Gasteiger partial charge in [-0.2, -0.15) is 0 Å². The number of rotatable bonds is 9. The van der Waals surface area contributed by atoms with Crippen LogP contribution in [-0.4, -0.2) is 41.9 Å². The fourth-order valence-corrected chi connectivity index (χ4v) is 3.50. The molecule has 1 aliphatic rings. The third-order valence-electron chi connectivity index (χ3n) is 4.86. The molecule has 0 bridgehead atoms. The number of halogens is 1. The van der Waals surface area contributed by atoms with E-state index in [9.17, 15) is 14.4 Å². The Balaban J connectivity index is 1.74. The van der Waals surface area contributed by atoms with Crippen molar-refractivity contribution in [2.24, 2.45) is 0 Å². The molecule has 7 nitrogen and oxygen atoms in total. The zero-order chi connectivity index (χ0) is 22.4. The maximum absolute atomic E-state index is 12.8. The van der Waals surface area contributed by atoms with Crippen LogP contribution in [0, 0.1) is 0 Å². The van der Waals surface area contributed by atoms with E-state index in [4.69, 9.17) is 16.3 Å². The van der Waals surface area contributed by atoms with E-state index in [1.54, 1.807) is 55.5 Å². The van der Waals surface area contributed by atoms with Crippen LogP contribution < -0.4 is 10.6 Å². The summed E-state index contributed by atoms with van der Waals surface area (Å²) in [6.45, 7) is 3.50. The number of nitrogens with zero attached hydrogens (tertiary/aromatic N) is 1. The number of nitrogens with one attached hydrogen (secondary N) is 2. The molecule has 164 valence electrons. The Morgan fingerprint density at radius 1 is 1.03 bits per heavy atom. The smallest absolute Gasteiger partial charge is 0.328 e. The van der Waals surface area contributed by atoms with Crippen molar-refractivity contribution >= 4 is 40.8 Å². The summed E-state index contributed by atoms with van der Waals surface area (Å²) in [6, 6.07) is 13.3. The molecule has 8 heteroatoms. The number of hydrogen-bond acceptors (Lipinski definition) is 5. The molecule has 0 heterocycles. The van der Waals surface area contributed by atoms with Crippen LogP contribution in [0.25, 0.3) is 0 Å². The predicted octanol–water partition coefficient (Wildman–Crippen LogP) is 4.01.